The molecule has 0 aliphatic rings. The molecule has 1 aromatic rings. The minimum Gasteiger partial charge on any atom is -0.381 e. The first kappa shape index (κ1) is 13.8. The summed E-state index contributed by atoms with van der Waals surface area (Å²) in [5, 5.41) is 3.33. The average Bonchev–Trinajstić information content (AvgIpc) is 2.21. The highest BCUT2D eigenvalue weighted by atomic mass is 15.1. The Labute approximate surface area is 107 Å². The third-order valence-corrected chi connectivity index (χ3v) is 2.16. The highest BCUT2D eigenvalue weighted by Crippen LogP contribution is 2.29. The summed E-state index contributed by atoms with van der Waals surface area (Å²) in [6, 6.07) is 6.06. The van der Waals surface area contributed by atoms with E-state index in [1.54, 1.807) is 0 Å². The Morgan fingerprint density at radius 1 is 1.22 bits per heavy atom. The molecule has 7 N–H and O–H groups in total. The summed E-state index contributed by atoms with van der Waals surface area (Å²) in [7, 11) is 0. The lowest BCUT2D eigenvalue weighted by atomic mass is 10.1. The molecule has 0 aromatic heterocycles. The quantitative estimate of drug-likeness (QED) is 0.472. The predicted molar refractivity (Wildman–Crippen MR) is 77.0 cm³/mol. The molecule has 0 aliphatic carbocycles. The van der Waals surface area contributed by atoms with Gasteiger partial charge in [-0.1, -0.05) is 12.1 Å². The van der Waals surface area contributed by atoms with Crippen LogP contribution in [-0.2, 0) is 0 Å². The number of rotatable bonds is 3. The maximum absolute atomic E-state index is 5.63. The number of hydrogen-bond acceptors (Lipinski definition) is 2. The molecule has 0 saturated carbocycles. The molecule has 0 saturated heterocycles. The fourth-order valence-corrected chi connectivity index (χ4v) is 1.50. The molecular weight excluding hydrogens is 228 g/mol. The highest BCUT2D eigenvalue weighted by Gasteiger charge is 2.06. The van der Waals surface area contributed by atoms with Crippen LogP contribution < -0.4 is 22.5 Å². The van der Waals surface area contributed by atoms with Gasteiger partial charge < -0.3 is 22.5 Å². The third-order valence-electron chi connectivity index (χ3n) is 2.16. The van der Waals surface area contributed by atoms with E-state index in [9.17, 15) is 0 Å². The Balaban J connectivity index is 3.16. The van der Waals surface area contributed by atoms with E-state index >= 15 is 0 Å². The van der Waals surface area contributed by atoms with Gasteiger partial charge in [0.05, 0.1) is 11.4 Å². The number of nitrogens with two attached hydrogens (primary N) is 3. The van der Waals surface area contributed by atoms with E-state index in [-0.39, 0.29) is 11.9 Å². The number of anilines is 1. The molecule has 0 atom stereocenters. The smallest absolute Gasteiger partial charge is 0.223 e. The second-order valence-corrected chi connectivity index (χ2v) is 4.27. The average molecular weight is 248 g/mol. The van der Waals surface area contributed by atoms with E-state index in [1.165, 1.54) is 0 Å². The Bertz CT molecular complexity index is 471. The summed E-state index contributed by atoms with van der Waals surface area (Å²) >= 11 is 0. The Kier molecular flexibility index (Phi) is 4.53. The Morgan fingerprint density at radius 3 is 2.44 bits per heavy atom. The van der Waals surface area contributed by atoms with Gasteiger partial charge in [0.15, 0.2) is 5.96 Å². The molecule has 0 radical (unpaired) electrons. The fourth-order valence-electron chi connectivity index (χ4n) is 1.50. The van der Waals surface area contributed by atoms with Crippen molar-refractivity contribution < 1.29 is 0 Å². The van der Waals surface area contributed by atoms with Crippen LogP contribution in [-0.4, -0.2) is 18.0 Å². The molecule has 0 aliphatic heterocycles. The number of guanidine groups is 2. The summed E-state index contributed by atoms with van der Waals surface area (Å²) < 4.78 is 0. The minimum atomic E-state index is -0.109. The number of aliphatic imine (C=N–C) groups is 2. The van der Waals surface area contributed by atoms with Crippen molar-refractivity contribution in [3.05, 3.63) is 23.8 Å². The number of nitrogens with zero attached hydrogens (tertiary/aromatic N) is 2. The van der Waals surface area contributed by atoms with Crippen LogP contribution in [0.3, 0.4) is 0 Å². The van der Waals surface area contributed by atoms with E-state index in [0.29, 0.717) is 11.7 Å². The van der Waals surface area contributed by atoms with Crippen molar-refractivity contribution in [2.75, 3.05) is 5.32 Å². The van der Waals surface area contributed by atoms with Gasteiger partial charge in [0.2, 0.25) is 5.96 Å². The predicted octanol–water partition coefficient (Wildman–Crippen LogP) is 1.03. The molecule has 0 spiro atoms. The number of nitrogens with one attached hydrogen (secondary N) is 1. The standard InChI is InChI=1S/C12H20N6/c1-7(2)16-10-8(3)5-4-6-9(10)17-12(15)18-11(13)14/h4-7,16H,1-3H3,(H6,13,14,15,17,18). The number of aryl methyl sites for hydroxylation is 1. The van der Waals surface area contributed by atoms with E-state index in [1.807, 2.05) is 25.1 Å². The van der Waals surface area contributed by atoms with Gasteiger partial charge in [-0.3, -0.25) is 0 Å². The molecule has 6 heteroatoms. The van der Waals surface area contributed by atoms with Crippen LogP contribution in [0, 0.1) is 6.92 Å². The first-order valence-electron chi connectivity index (χ1n) is 5.70. The summed E-state index contributed by atoms with van der Waals surface area (Å²) in [6.45, 7) is 6.11. The van der Waals surface area contributed by atoms with Crippen molar-refractivity contribution in [2.24, 2.45) is 27.2 Å². The summed E-state index contributed by atoms with van der Waals surface area (Å²) in [4.78, 5) is 7.89. The number of hydrogen-bond donors (Lipinski definition) is 4. The second-order valence-electron chi connectivity index (χ2n) is 4.27. The van der Waals surface area contributed by atoms with E-state index < -0.39 is 0 Å². The molecule has 6 nitrogen and oxygen atoms in total. The lowest BCUT2D eigenvalue weighted by Crippen LogP contribution is -2.26. The molecule has 0 bridgehead atoms. The van der Waals surface area contributed by atoms with Crippen LogP contribution in [0.2, 0.25) is 0 Å². The number of benzene rings is 1. The van der Waals surface area contributed by atoms with Gasteiger partial charge in [-0.05, 0) is 32.4 Å². The summed E-state index contributed by atoms with van der Waals surface area (Å²) in [5.74, 6) is -0.0744. The van der Waals surface area contributed by atoms with E-state index in [2.05, 4.69) is 29.1 Å². The molecule has 1 aromatic carbocycles. The van der Waals surface area contributed by atoms with Gasteiger partial charge in [-0.15, -0.1) is 0 Å². The molecule has 1 rings (SSSR count). The largest absolute Gasteiger partial charge is 0.381 e. The third kappa shape index (κ3) is 3.97. The van der Waals surface area contributed by atoms with Crippen molar-refractivity contribution in [3.63, 3.8) is 0 Å². The second kappa shape index (κ2) is 5.90. The van der Waals surface area contributed by atoms with Gasteiger partial charge >= 0.3 is 0 Å². The lowest BCUT2D eigenvalue weighted by Gasteiger charge is -2.15. The maximum atomic E-state index is 5.63. The first-order chi connectivity index (χ1) is 8.40. The van der Waals surface area contributed by atoms with Crippen LogP contribution in [0.15, 0.2) is 28.2 Å². The molecule has 98 valence electrons. The van der Waals surface area contributed by atoms with E-state index in [0.717, 1.165) is 11.3 Å². The SMILES string of the molecule is Cc1cccc(N=C(N)N=C(N)N)c1NC(C)C. The zero-order valence-corrected chi connectivity index (χ0v) is 10.9. The van der Waals surface area contributed by atoms with Gasteiger partial charge in [0.1, 0.15) is 0 Å². The molecular formula is C12H20N6. The van der Waals surface area contributed by atoms with Crippen LogP contribution in [0.4, 0.5) is 11.4 Å². The van der Waals surface area contributed by atoms with E-state index in [4.69, 9.17) is 17.2 Å². The van der Waals surface area contributed by atoms with Crippen molar-refractivity contribution in [2.45, 2.75) is 26.8 Å². The molecule has 18 heavy (non-hydrogen) atoms. The first-order valence-corrected chi connectivity index (χ1v) is 5.70. The molecule has 0 unspecified atom stereocenters. The van der Waals surface area contributed by atoms with Crippen molar-refractivity contribution in [3.8, 4) is 0 Å². The highest BCUT2D eigenvalue weighted by molar-refractivity contribution is 5.94. The van der Waals surface area contributed by atoms with Gasteiger partial charge in [-0.25, -0.2) is 4.99 Å². The zero-order chi connectivity index (χ0) is 13.7. The maximum Gasteiger partial charge on any atom is 0.223 e. The van der Waals surface area contributed by atoms with Crippen molar-refractivity contribution in [1.29, 1.82) is 0 Å². The van der Waals surface area contributed by atoms with Crippen LogP contribution >= 0.6 is 0 Å². The number of para-hydroxylation sites is 1. The van der Waals surface area contributed by atoms with Crippen molar-refractivity contribution >= 4 is 23.3 Å². The fraction of sp³-hybridized carbons (Fsp3) is 0.333. The van der Waals surface area contributed by atoms with Crippen LogP contribution in [0.5, 0.6) is 0 Å². The van der Waals surface area contributed by atoms with Gasteiger partial charge in [-0.2, -0.15) is 4.99 Å². The van der Waals surface area contributed by atoms with Crippen LogP contribution in [0.1, 0.15) is 19.4 Å². The summed E-state index contributed by atoms with van der Waals surface area (Å²) in [6.07, 6.45) is 0. The molecule has 0 fully saturated rings. The van der Waals surface area contributed by atoms with Gasteiger partial charge in [0, 0.05) is 6.04 Å². The van der Waals surface area contributed by atoms with Crippen LogP contribution in [0.25, 0.3) is 0 Å². The van der Waals surface area contributed by atoms with Gasteiger partial charge in [0.25, 0.3) is 0 Å². The molecule has 0 heterocycles. The Morgan fingerprint density at radius 2 is 1.89 bits per heavy atom. The molecule has 0 amide bonds. The minimum absolute atomic E-state index is 0.0346. The Hall–Kier alpha value is -2.24. The monoisotopic (exact) mass is 248 g/mol. The summed E-state index contributed by atoms with van der Waals surface area (Å²) in [5.41, 5.74) is 18.9. The topological polar surface area (TPSA) is 115 Å². The normalized spacial score (nSPS) is 11.4. The van der Waals surface area contributed by atoms with Crippen molar-refractivity contribution in [1.82, 2.24) is 0 Å². The lowest BCUT2D eigenvalue weighted by molar-refractivity contribution is 0.897. The zero-order valence-electron chi connectivity index (χ0n) is 10.9.